The third kappa shape index (κ3) is 5.02. The SMILES string of the molecule is COc1ccc(-c2nn3ccn(CC(=O)N[C@@H](C)CCc4ccccc4)c(=O)c3c2CO)cc1. The third-order valence-corrected chi connectivity index (χ3v) is 5.81. The van der Waals surface area contributed by atoms with Crippen LogP contribution in [0.4, 0.5) is 0 Å². The number of carbonyl (C=O) groups is 1. The lowest BCUT2D eigenvalue weighted by molar-refractivity contribution is -0.122. The Morgan fingerprint density at radius 3 is 2.53 bits per heavy atom. The number of hydrogen-bond acceptors (Lipinski definition) is 5. The van der Waals surface area contributed by atoms with Crippen molar-refractivity contribution < 1.29 is 14.6 Å². The van der Waals surface area contributed by atoms with E-state index in [1.807, 2.05) is 37.3 Å². The van der Waals surface area contributed by atoms with Gasteiger partial charge in [-0.05, 0) is 49.6 Å². The molecule has 4 aromatic rings. The molecule has 8 nitrogen and oxygen atoms in total. The fourth-order valence-corrected chi connectivity index (χ4v) is 3.98. The van der Waals surface area contributed by atoms with Crippen LogP contribution in [0.1, 0.15) is 24.5 Å². The van der Waals surface area contributed by atoms with E-state index in [2.05, 4.69) is 22.5 Å². The largest absolute Gasteiger partial charge is 0.497 e. The zero-order valence-electron chi connectivity index (χ0n) is 19.3. The maximum Gasteiger partial charge on any atom is 0.277 e. The van der Waals surface area contributed by atoms with Crippen LogP contribution < -0.4 is 15.6 Å². The summed E-state index contributed by atoms with van der Waals surface area (Å²) in [6.45, 7) is 1.49. The minimum atomic E-state index is -0.383. The molecule has 0 saturated carbocycles. The van der Waals surface area contributed by atoms with Crippen molar-refractivity contribution in [2.75, 3.05) is 7.11 Å². The van der Waals surface area contributed by atoms with Gasteiger partial charge in [0.25, 0.3) is 5.56 Å². The smallest absolute Gasteiger partial charge is 0.277 e. The Labute approximate surface area is 197 Å². The summed E-state index contributed by atoms with van der Waals surface area (Å²) >= 11 is 0. The highest BCUT2D eigenvalue weighted by molar-refractivity contribution is 5.76. The molecule has 0 fully saturated rings. The van der Waals surface area contributed by atoms with Crippen LogP contribution in [-0.4, -0.2) is 38.3 Å². The first kappa shape index (κ1) is 23.3. The number of aliphatic hydroxyl groups excluding tert-OH is 1. The Morgan fingerprint density at radius 1 is 1.12 bits per heavy atom. The molecular weight excluding hydrogens is 432 g/mol. The molecule has 34 heavy (non-hydrogen) atoms. The molecule has 2 N–H and O–H groups in total. The van der Waals surface area contributed by atoms with Gasteiger partial charge in [-0.2, -0.15) is 5.10 Å². The maximum absolute atomic E-state index is 13.2. The quantitative estimate of drug-likeness (QED) is 0.400. The molecule has 8 heteroatoms. The number of aliphatic hydroxyl groups is 1. The van der Waals surface area contributed by atoms with Crippen LogP contribution >= 0.6 is 0 Å². The van der Waals surface area contributed by atoms with Crippen LogP contribution in [0.3, 0.4) is 0 Å². The zero-order valence-corrected chi connectivity index (χ0v) is 19.3. The van der Waals surface area contributed by atoms with E-state index in [9.17, 15) is 14.7 Å². The fourth-order valence-electron chi connectivity index (χ4n) is 3.98. The van der Waals surface area contributed by atoms with E-state index in [0.29, 0.717) is 17.0 Å². The summed E-state index contributed by atoms with van der Waals surface area (Å²) in [5.74, 6) is 0.455. The van der Waals surface area contributed by atoms with Crippen molar-refractivity contribution in [3.8, 4) is 17.0 Å². The predicted molar refractivity (Wildman–Crippen MR) is 130 cm³/mol. The first-order valence-corrected chi connectivity index (χ1v) is 11.2. The standard InChI is InChI=1S/C26H28N4O4/c1-18(8-9-19-6-4-3-5-7-19)27-23(32)16-29-14-15-30-25(26(29)33)22(17-31)24(28-30)20-10-12-21(34-2)13-11-20/h3-7,10-15,18,31H,8-9,16-17H2,1-2H3,(H,27,32)/t18-/m0/s1. The molecule has 0 unspecified atom stereocenters. The lowest BCUT2D eigenvalue weighted by Gasteiger charge is -2.14. The Kier molecular flexibility index (Phi) is 7.08. The van der Waals surface area contributed by atoms with Gasteiger partial charge >= 0.3 is 0 Å². The Balaban J connectivity index is 1.51. The normalized spacial score (nSPS) is 12.0. The minimum absolute atomic E-state index is 0.0308. The van der Waals surface area contributed by atoms with Gasteiger partial charge in [-0.3, -0.25) is 9.59 Å². The molecule has 0 aliphatic rings. The molecular formula is C26H28N4O4. The Bertz CT molecular complexity index is 1330. The lowest BCUT2D eigenvalue weighted by atomic mass is 10.1. The van der Waals surface area contributed by atoms with E-state index in [0.717, 1.165) is 18.4 Å². The number of benzene rings is 2. The molecule has 1 amide bonds. The van der Waals surface area contributed by atoms with E-state index in [1.54, 1.807) is 25.4 Å². The van der Waals surface area contributed by atoms with Crippen molar-refractivity contribution in [2.45, 2.75) is 39.0 Å². The van der Waals surface area contributed by atoms with Gasteiger partial charge in [0.2, 0.25) is 5.91 Å². The first-order valence-electron chi connectivity index (χ1n) is 11.2. The number of nitrogens with one attached hydrogen (secondary N) is 1. The number of nitrogens with zero attached hydrogens (tertiary/aromatic N) is 3. The highest BCUT2D eigenvalue weighted by Gasteiger charge is 2.19. The van der Waals surface area contributed by atoms with E-state index in [4.69, 9.17) is 4.74 Å². The summed E-state index contributed by atoms with van der Waals surface area (Å²) in [5.41, 5.74) is 2.77. The number of methoxy groups -OCH3 is 1. The van der Waals surface area contributed by atoms with E-state index >= 15 is 0 Å². The molecule has 1 atom stereocenters. The summed E-state index contributed by atoms with van der Waals surface area (Å²) in [4.78, 5) is 25.8. The second-order valence-electron chi connectivity index (χ2n) is 8.23. The summed E-state index contributed by atoms with van der Waals surface area (Å²) < 4.78 is 7.98. The molecule has 2 heterocycles. The average Bonchev–Trinajstić information content (AvgIpc) is 3.24. The second-order valence-corrected chi connectivity index (χ2v) is 8.23. The van der Waals surface area contributed by atoms with E-state index in [-0.39, 0.29) is 36.2 Å². The molecule has 0 radical (unpaired) electrons. The number of amides is 1. The van der Waals surface area contributed by atoms with Crippen molar-refractivity contribution in [3.05, 3.63) is 88.5 Å². The topological polar surface area (TPSA) is 97.9 Å². The third-order valence-electron chi connectivity index (χ3n) is 5.81. The number of ether oxygens (including phenoxy) is 1. The highest BCUT2D eigenvalue weighted by atomic mass is 16.5. The molecule has 176 valence electrons. The fraction of sp³-hybridized carbons (Fsp3) is 0.269. The molecule has 2 aromatic carbocycles. The van der Waals surface area contributed by atoms with Crippen LogP contribution in [0.25, 0.3) is 16.8 Å². The number of rotatable bonds is 9. The molecule has 4 rings (SSSR count). The van der Waals surface area contributed by atoms with Crippen LogP contribution in [-0.2, 0) is 24.4 Å². The van der Waals surface area contributed by atoms with Crippen molar-refractivity contribution in [1.82, 2.24) is 19.5 Å². The molecule has 0 saturated heterocycles. The van der Waals surface area contributed by atoms with Crippen LogP contribution in [0.5, 0.6) is 5.75 Å². The van der Waals surface area contributed by atoms with Crippen LogP contribution in [0.2, 0.25) is 0 Å². The van der Waals surface area contributed by atoms with Crippen molar-refractivity contribution in [1.29, 1.82) is 0 Å². The monoisotopic (exact) mass is 460 g/mol. The average molecular weight is 461 g/mol. The molecule has 0 aliphatic heterocycles. The van der Waals surface area contributed by atoms with Gasteiger partial charge in [0.05, 0.1) is 19.4 Å². The molecule has 0 spiro atoms. The summed E-state index contributed by atoms with van der Waals surface area (Å²) in [7, 11) is 1.59. The zero-order chi connectivity index (χ0) is 24.1. The number of aryl methyl sites for hydroxylation is 1. The van der Waals surface area contributed by atoms with Gasteiger partial charge in [-0.25, -0.2) is 4.52 Å². The van der Waals surface area contributed by atoms with Gasteiger partial charge in [0.15, 0.2) is 0 Å². The number of aromatic nitrogens is 3. The minimum Gasteiger partial charge on any atom is -0.497 e. The second kappa shape index (κ2) is 10.4. The highest BCUT2D eigenvalue weighted by Crippen LogP contribution is 2.26. The maximum atomic E-state index is 13.2. The van der Waals surface area contributed by atoms with Gasteiger partial charge in [0.1, 0.15) is 17.8 Å². The molecule has 2 aromatic heterocycles. The van der Waals surface area contributed by atoms with Gasteiger partial charge in [-0.1, -0.05) is 30.3 Å². The van der Waals surface area contributed by atoms with Crippen LogP contribution in [0.15, 0.2) is 71.8 Å². The first-order chi connectivity index (χ1) is 16.5. The van der Waals surface area contributed by atoms with E-state index in [1.165, 1.54) is 20.8 Å². The number of carbonyl (C=O) groups excluding carboxylic acids is 1. The van der Waals surface area contributed by atoms with Crippen LogP contribution in [0, 0.1) is 0 Å². The Morgan fingerprint density at radius 2 is 1.85 bits per heavy atom. The van der Waals surface area contributed by atoms with E-state index < -0.39 is 0 Å². The summed E-state index contributed by atoms with van der Waals surface area (Å²) in [6, 6.07) is 17.3. The molecule has 0 aliphatic carbocycles. The summed E-state index contributed by atoms with van der Waals surface area (Å²) in [5, 5.41) is 17.5. The Hall–Kier alpha value is -3.91. The van der Waals surface area contributed by atoms with Crippen molar-refractivity contribution in [2.24, 2.45) is 0 Å². The van der Waals surface area contributed by atoms with Crippen molar-refractivity contribution in [3.63, 3.8) is 0 Å². The summed E-state index contributed by atoms with van der Waals surface area (Å²) in [6.07, 6.45) is 4.81. The predicted octanol–water partition coefficient (Wildman–Crippen LogP) is 2.80. The number of hydrogen-bond donors (Lipinski definition) is 2. The van der Waals surface area contributed by atoms with Crippen molar-refractivity contribution >= 4 is 11.4 Å². The van der Waals surface area contributed by atoms with Gasteiger partial charge in [0, 0.05) is 29.6 Å². The van der Waals surface area contributed by atoms with Gasteiger partial charge in [-0.15, -0.1) is 0 Å². The number of fused-ring (bicyclic) bond motifs is 1. The van der Waals surface area contributed by atoms with Gasteiger partial charge < -0.3 is 19.7 Å². The lowest BCUT2D eigenvalue weighted by Crippen LogP contribution is -2.37. The molecule has 0 bridgehead atoms.